The first-order chi connectivity index (χ1) is 10.4. The molecule has 4 rings (SSSR count). The molecule has 1 aromatic heterocycles. The largest absolute Gasteiger partial charge is 0.339 e. The Kier molecular flexibility index (Phi) is 4.50. The number of piperidine rings is 1. The van der Waals surface area contributed by atoms with E-state index in [9.17, 15) is 0 Å². The van der Waals surface area contributed by atoms with E-state index in [1.54, 1.807) is 0 Å². The molecule has 1 saturated carbocycles. The first-order valence-corrected chi connectivity index (χ1v) is 7.93. The average Bonchev–Trinajstić information content (AvgIpc) is 3.02. The number of hydrogen-bond donors (Lipinski definition) is 1. The van der Waals surface area contributed by atoms with Crippen LogP contribution < -0.4 is 5.32 Å². The van der Waals surface area contributed by atoms with Crippen LogP contribution in [0.15, 0.2) is 34.9 Å². The maximum Gasteiger partial charge on any atom is 0.230 e. The minimum Gasteiger partial charge on any atom is -0.339 e. The highest BCUT2D eigenvalue weighted by molar-refractivity contribution is 5.85. The third-order valence-corrected chi connectivity index (χ3v) is 5.05. The number of rotatable bonds is 4. The zero-order valence-corrected chi connectivity index (χ0v) is 13.4. The normalized spacial score (nSPS) is 22.3. The summed E-state index contributed by atoms with van der Waals surface area (Å²) in [6.45, 7) is 2.26. The second kappa shape index (κ2) is 6.39. The van der Waals surface area contributed by atoms with E-state index >= 15 is 0 Å². The Bertz CT molecular complexity index is 607. The molecule has 1 aliphatic heterocycles. The van der Waals surface area contributed by atoms with Crippen molar-refractivity contribution in [2.75, 3.05) is 13.1 Å². The van der Waals surface area contributed by atoms with E-state index in [1.807, 2.05) is 6.07 Å². The quantitative estimate of drug-likeness (QED) is 0.940. The molecular formula is C17H22ClN3O. The van der Waals surface area contributed by atoms with E-state index in [1.165, 1.54) is 24.8 Å². The molecule has 5 heteroatoms. The van der Waals surface area contributed by atoms with E-state index in [4.69, 9.17) is 4.52 Å². The highest BCUT2D eigenvalue weighted by atomic mass is 35.5. The number of nitrogens with zero attached hydrogens (tertiary/aromatic N) is 2. The lowest BCUT2D eigenvalue weighted by atomic mass is 9.92. The predicted octanol–water partition coefficient (Wildman–Crippen LogP) is 3.13. The Hall–Kier alpha value is -1.39. The van der Waals surface area contributed by atoms with Crippen LogP contribution in [0.3, 0.4) is 0 Å². The molecule has 2 fully saturated rings. The van der Waals surface area contributed by atoms with Gasteiger partial charge in [0.05, 0.1) is 0 Å². The van der Waals surface area contributed by atoms with Gasteiger partial charge in [0.1, 0.15) is 0 Å². The van der Waals surface area contributed by atoms with Gasteiger partial charge in [-0.15, -0.1) is 12.4 Å². The number of benzene rings is 1. The van der Waals surface area contributed by atoms with Crippen LogP contribution in [0, 0.1) is 5.41 Å². The van der Waals surface area contributed by atoms with Gasteiger partial charge in [0.25, 0.3) is 0 Å². The Balaban J connectivity index is 0.00000144. The van der Waals surface area contributed by atoms with Gasteiger partial charge < -0.3 is 9.84 Å². The number of hydrogen-bond acceptors (Lipinski definition) is 4. The Labute approximate surface area is 137 Å². The monoisotopic (exact) mass is 319 g/mol. The lowest BCUT2D eigenvalue weighted by Gasteiger charge is -2.22. The molecule has 0 bridgehead atoms. The van der Waals surface area contributed by atoms with Crippen molar-refractivity contribution in [3.05, 3.63) is 47.6 Å². The van der Waals surface area contributed by atoms with Crippen LogP contribution in [-0.2, 0) is 12.8 Å². The number of aromatic nitrogens is 2. The minimum atomic E-state index is 0. The number of nitrogens with one attached hydrogen (secondary N) is 1. The molecular weight excluding hydrogens is 298 g/mol. The smallest absolute Gasteiger partial charge is 0.230 e. The zero-order valence-electron chi connectivity index (χ0n) is 12.6. The Morgan fingerprint density at radius 3 is 2.68 bits per heavy atom. The van der Waals surface area contributed by atoms with E-state index in [0.717, 1.165) is 37.6 Å². The maximum absolute atomic E-state index is 5.52. The second-order valence-electron chi connectivity index (χ2n) is 6.40. The third kappa shape index (κ3) is 3.03. The summed E-state index contributed by atoms with van der Waals surface area (Å²) in [6, 6.07) is 10.5. The van der Waals surface area contributed by atoms with Gasteiger partial charge in [0.2, 0.25) is 5.89 Å². The van der Waals surface area contributed by atoms with Gasteiger partial charge >= 0.3 is 0 Å². The van der Waals surface area contributed by atoms with E-state index in [2.05, 4.69) is 39.7 Å². The molecule has 1 unspecified atom stereocenters. The average molecular weight is 320 g/mol. The first kappa shape index (κ1) is 15.5. The first-order valence-electron chi connectivity index (χ1n) is 7.93. The topological polar surface area (TPSA) is 51.0 Å². The number of aryl methyl sites for hydroxylation is 2. The van der Waals surface area contributed by atoms with Crippen LogP contribution in [-0.4, -0.2) is 23.2 Å². The summed E-state index contributed by atoms with van der Waals surface area (Å²) in [4.78, 5) is 4.64. The second-order valence-corrected chi connectivity index (χ2v) is 6.40. The van der Waals surface area contributed by atoms with Crippen LogP contribution in [0.4, 0.5) is 0 Å². The van der Waals surface area contributed by atoms with Crippen molar-refractivity contribution in [3.8, 4) is 0 Å². The van der Waals surface area contributed by atoms with Gasteiger partial charge in [-0.05, 0) is 49.8 Å². The molecule has 2 aromatic rings. The molecule has 0 radical (unpaired) electrons. The molecule has 1 spiro atoms. The van der Waals surface area contributed by atoms with Crippen molar-refractivity contribution in [2.24, 2.45) is 5.41 Å². The summed E-state index contributed by atoms with van der Waals surface area (Å²) >= 11 is 0. The standard InChI is InChI=1S/C17H21N3O.ClH/c1-2-4-13(5-3-1)6-7-15-19-16(21-20-15)14-12-17(14)8-10-18-11-9-17;/h1-5,14,18H,6-12H2;1H. The van der Waals surface area contributed by atoms with Gasteiger partial charge in [-0.3, -0.25) is 0 Å². The van der Waals surface area contributed by atoms with E-state index in [-0.39, 0.29) is 12.4 Å². The van der Waals surface area contributed by atoms with Gasteiger partial charge in [-0.25, -0.2) is 0 Å². The lowest BCUT2D eigenvalue weighted by Crippen LogP contribution is -2.29. The fourth-order valence-corrected chi connectivity index (χ4v) is 3.59. The molecule has 1 atom stereocenters. The highest BCUT2D eigenvalue weighted by Gasteiger charge is 2.57. The summed E-state index contributed by atoms with van der Waals surface area (Å²) in [7, 11) is 0. The summed E-state index contributed by atoms with van der Waals surface area (Å²) in [5, 5.41) is 7.60. The van der Waals surface area contributed by atoms with E-state index in [0.29, 0.717) is 11.3 Å². The SMILES string of the molecule is Cl.c1ccc(CCc2noc(C3CC34CCNCC4)n2)cc1. The number of halogens is 1. The Morgan fingerprint density at radius 1 is 1.14 bits per heavy atom. The van der Waals surface area contributed by atoms with Crippen molar-refractivity contribution in [3.63, 3.8) is 0 Å². The minimum absolute atomic E-state index is 0. The Morgan fingerprint density at radius 2 is 1.91 bits per heavy atom. The fourth-order valence-electron chi connectivity index (χ4n) is 3.59. The van der Waals surface area contributed by atoms with Crippen LogP contribution in [0.25, 0.3) is 0 Å². The summed E-state index contributed by atoms with van der Waals surface area (Å²) in [5.74, 6) is 2.24. The van der Waals surface area contributed by atoms with Crippen molar-refractivity contribution >= 4 is 12.4 Å². The highest BCUT2D eigenvalue weighted by Crippen LogP contribution is 2.63. The molecule has 2 aliphatic rings. The summed E-state index contributed by atoms with van der Waals surface area (Å²) in [5.41, 5.74) is 1.79. The van der Waals surface area contributed by atoms with Gasteiger partial charge in [-0.2, -0.15) is 4.98 Å². The molecule has 118 valence electrons. The van der Waals surface area contributed by atoms with Crippen LogP contribution in [0.2, 0.25) is 0 Å². The molecule has 0 amide bonds. The third-order valence-electron chi connectivity index (χ3n) is 5.05. The van der Waals surface area contributed by atoms with Gasteiger partial charge in [-0.1, -0.05) is 35.5 Å². The molecule has 1 aromatic carbocycles. The van der Waals surface area contributed by atoms with Gasteiger partial charge in [0.15, 0.2) is 5.82 Å². The predicted molar refractivity (Wildman–Crippen MR) is 87.3 cm³/mol. The van der Waals surface area contributed by atoms with Gasteiger partial charge in [0, 0.05) is 12.3 Å². The molecule has 2 heterocycles. The molecule has 1 saturated heterocycles. The molecule has 1 aliphatic carbocycles. The summed E-state index contributed by atoms with van der Waals surface area (Å²) < 4.78 is 5.52. The maximum atomic E-state index is 5.52. The van der Waals surface area contributed by atoms with Crippen molar-refractivity contribution in [2.45, 2.75) is 38.0 Å². The summed E-state index contributed by atoms with van der Waals surface area (Å²) in [6.07, 6.45) is 5.56. The van der Waals surface area contributed by atoms with Crippen LogP contribution in [0.1, 0.15) is 42.5 Å². The molecule has 22 heavy (non-hydrogen) atoms. The van der Waals surface area contributed by atoms with Crippen molar-refractivity contribution in [1.29, 1.82) is 0 Å². The zero-order chi connectivity index (χ0) is 14.1. The van der Waals surface area contributed by atoms with Crippen LogP contribution in [0.5, 0.6) is 0 Å². The fraction of sp³-hybridized carbons (Fsp3) is 0.529. The molecule has 1 N–H and O–H groups in total. The van der Waals surface area contributed by atoms with Crippen molar-refractivity contribution in [1.82, 2.24) is 15.5 Å². The van der Waals surface area contributed by atoms with E-state index < -0.39 is 0 Å². The van der Waals surface area contributed by atoms with Crippen LogP contribution >= 0.6 is 12.4 Å². The van der Waals surface area contributed by atoms with Crippen molar-refractivity contribution < 1.29 is 4.52 Å². The molecule has 4 nitrogen and oxygen atoms in total. The lowest BCUT2D eigenvalue weighted by molar-refractivity contribution is 0.310.